The fourth-order valence-corrected chi connectivity index (χ4v) is 3.18. The number of ether oxygens (including phenoxy) is 1. The van der Waals surface area contributed by atoms with Gasteiger partial charge in [0.25, 0.3) is 0 Å². The summed E-state index contributed by atoms with van der Waals surface area (Å²) in [6, 6.07) is 16.1. The minimum atomic E-state index is 0.844. The summed E-state index contributed by atoms with van der Waals surface area (Å²) in [4.78, 5) is 2.42. The van der Waals surface area contributed by atoms with Crippen LogP contribution in [0.4, 0.5) is 0 Å². The van der Waals surface area contributed by atoms with Gasteiger partial charge in [-0.2, -0.15) is 5.10 Å². The van der Waals surface area contributed by atoms with Crippen molar-refractivity contribution in [2.75, 3.05) is 33.3 Å². The molecule has 0 N–H and O–H groups in total. The Labute approximate surface area is 154 Å². The summed E-state index contributed by atoms with van der Waals surface area (Å²) in [5, 5.41) is 7.78. The number of rotatable bonds is 5. The number of benzene rings is 2. The van der Waals surface area contributed by atoms with Crippen molar-refractivity contribution in [2.45, 2.75) is 13.5 Å². The predicted molar refractivity (Wildman–Crippen MR) is 104 cm³/mol. The molecule has 0 aromatic heterocycles. The second kappa shape index (κ2) is 8.37. The molecule has 5 heteroatoms. The molecular formula is C20H24ClN3O. The third-order valence-electron chi connectivity index (χ3n) is 4.48. The van der Waals surface area contributed by atoms with E-state index in [9.17, 15) is 0 Å². The lowest BCUT2D eigenvalue weighted by molar-refractivity contribution is 0.130. The third kappa shape index (κ3) is 4.74. The number of piperazine rings is 1. The largest absolute Gasteiger partial charge is 0.497 e. The topological polar surface area (TPSA) is 28.1 Å². The Morgan fingerprint density at radius 1 is 1.08 bits per heavy atom. The molecule has 25 heavy (non-hydrogen) atoms. The number of hydrazone groups is 1. The van der Waals surface area contributed by atoms with Crippen molar-refractivity contribution in [1.29, 1.82) is 0 Å². The molecule has 2 aromatic rings. The summed E-state index contributed by atoms with van der Waals surface area (Å²) >= 11 is 6.26. The van der Waals surface area contributed by atoms with E-state index in [0.717, 1.165) is 54.8 Å². The maximum atomic E-state index is 6.26. The van der Waals surface area contributed by atoms with Gasteiger partial charge in [-0.3, -0.25) is 9.91 Å². The van der Waals surface area contributed by atoms with Crippen LogP contribution in [0.25, 0.3) is 0 Å². The van der Waals surface area contributed by atoms with E-state index < -0.39 is 0 Å². The summed E-state index contributed by atoms with van der Waals surface area (Å²) in [5.74, 6) is 0.858. The van der Waals surface area contributed by atoms with Gasteiger partial charge in [-0.1, -0.05) is 41.9 Å². The molecule has 2 aromatic carbocycles. The number of nitrogens with zero attached hydrogens (tertiary/aromatic N) is 3. The van der Waals surface area contributed by atoms with Crippen molar-refractivity contribution in [3.05, 3.63) is 64.7 Å². The zero-order valence-electron chi connectivity index (χ0n) is 14.8. The highest BCUT2D eigenvalue weighted by Crippen LogP contribution is 2.18. The van der Waals surface area contributed by atoms with Crippen LogP contribution in [0.5, 0.6) is 5.75 Å². The molecule has 4 nitrogen and oxygen atoms in total. The molecule has 132 valence electrons. The lowest BCUT2D eigenvalue weighted by Gasteiger charge is -2.33. The van der Waals surface area contributed by atoms with Crippen LogP contribution in [0, 0.1) is 0 Å². The highest BCUT2D eigenvalue weighted by atomic mass is 35.5. The second-order valence-corrected chi connectivity index (χ2v) is 6.65. The zero-order valence-corrected chi connectivity index (χ0v) is 15.5. The molecule has 1 saturated heterocycles. The lowest BCUT2D eigenvalue weighted by atomic mass is 10.1. The Balaban J connectivity index is 1.57. The SMILES string of the molecule is COc1cccc(C(C)=NN2CCN(Cc3ccccc3Cl)CC2)c1. The van der Waals surface area contributed by atoms with E-state index in [0.29, 0.717) is 0 Å². The zero-order chi connectivity index (χ0) is 17.6. The summed E-state index contributed by atoms with van der Waals surface area (Å²) in [6.45, 7) is 6.76. The van der Waals surface area contributed by atoms with Crippen molar-refractivity contribution in [1.82, 2.24) is 9.91 Å². The molecule has 0 bridgehead atoms. The first kappa shape index (κ1) is 17.8. The maximum Gasteiger partial charge on any atom is 0.119 e. The molecule has 0 atom stereocenters. The van der Waals surface area contributed by atoms with E-state index in [2.05, 4.69) is 22.0 Å². The van der Waals surface area contributed by atoms with Crippen LogP contribution in [-0.4, -0.2) is 48.9 Å². The van der Waals surface area contributed by atoms with Crippen molar-refractivity contribution < 1.29 is 4.74 Å². The molecule has 1 aliphatic rings. The van der Waals surface area contributed by atoms with Crippen molar-refractivity contribution in [3.63, 3.8) is 0 Å². The van der Waals surface area contributed by atoms with Crippen molar-refractivity contribution in [3.8, 4) is 5.75 Å². The van der Waals surface area contributed by atoms with Gasteiger partial charge in [-0.15, -0.1) is 0 Å². The van der Waals surface area contributed by atoms with E-state index in [4.69, 9.17) is 21.4 Å². The summed E-state index contributed by atoms with van der Waals surface area (Å²) in [7, 11) is 1.68. The van der Waals surface area contributed by atoms with Gasteiger partial charge in [-0.05, 0) is 30.7 Å². The van der Waals surface area contributed by atoms with Crippen LogP contribution < -0.4 is 4.74 Å². The number of hydrogen-bond acceptors (Lipinski definition) is 4. The van der Waals surface area contributed by atoms with Crippen LogP contribution in [0.2, 0.25) is 5.02 Å². The van der Waals surface area contributed by atoms with E-state index in [-0.39, 0.29) is 0 Å². The highest BCUT2D eigenvalue weighted by Gasteiger charge is 2.17. The molecule has 3 rings (SSSR count). The fraction of sp³-hybridized carbons (Fsp3) is 0.350. The lowest BCUT2D eigenvalue weighted by Crippen LogP contribution is -2.43. The average molecular weight is 358 g/mol. The van der Waals surface area contributed by atoms with Gasteiger partial charge >= 0.3 is 0 Å². The minimum Gasteiger partial charge on any atom is -0.497 e. The molecule has 0 saturated carbocycles. The standard InChI is InChI=1S/C20H24ClN3O/c1-16(17-7-5-8-19(14-17)25-2)22-24-12-10-23(11-13-24)15-18-6-3-4-9-20(18)21/h3-9,14H,10-13,15H2,1-2H3. The monoisotopic (exact) mass is 357 g/mol. The first-order chi connectivity index (χ1) is 12.2. The summed E-state index contributed by atoms with van der Waals surface area (Å²) in [5.41, 5.74) is 3.30. The van der Waals surface area contributed by atoms with Crippen LogP contribution in [0.3, 0.4) is 0 Å². The smallest absolute Gasteiger partial charge is 0.119 e. The van der Waals surface area contributed by atoms with E-state index >= 15 is 0 Å². The first-order valence-corrected chi connectivity index (χ1v) is 8.94. The van der Waals surface area contributed by atoms with Crippen LogP contribution in [-0.2, 0) is 6.54 Å². The van der Waals surface area contributed by atoms with Crippen LogP contribution >= 0.6 is 11.6 Å². The molecule has 1 heterocycles. The van der Waals surface area contributed by atoms with Gasteiger partial charge < -0.3 is 4.74 Å². The van der Waals surface area contributed by atoms with Gasteiger partial charge in [0, 0.05) is 43.3 Å². The fourth-order valence-electron chi connectivity index (χ4n) is 2.98. The number of halogens is 1. The molecule has 0 amide bonds. The normalized spacial score (nSPS) is 16.1. The Morgan fingerprint density at radius 2 is 1.84 bits per heavy atom. The van der Waals surface area contributed by atoms with Gasteiger partial charge in [0.15, 0.2) is 0 Å². The Bertz CT molecular complexity index is 739. The Hall–Kier alpha value is -2.04. The highest BCUT2D eigenvalue weighted by molar-refractivity contribution is 6.31. The molecular weight excluding hydrogens is 334 g/mol. The van der Waals surface area contributed by atoms with Crippen LogP contribution in [0.1, 0.15) is 18.1 Å². The van der Waals surface area contributed by atoms with Crippen molar-refractivity contribution in [2.24, 2.45) is 5.10 Å². The van der Waals surface area contributed by atoms with Gasteiger partial charge in [-0.25, -0.2) is 0 Å². The number of hydrogen-bond donors (Lipinski definition) is 0. The Morgan fingerprint density at radius 3 is 2.56 bits per heavy atom. The molecule has 1 fully saturated rings. The Kier molecular flexibility index (Phi) is 5.95. The molecule has 0 radical (unpaired) electrons. The molecule has 0 unspecified atom stereocenters. The molecule has 0 spiro atoms. The van der Waals surface area contributed by atoms with E-state index in [1.54, 1.807) is 7.11 Å². The van der Waals surface area contributed by atoms with E-state index in [1.165, 1.54) is 5.56 Å². The quantitative estimate of drug-likeness (QED) is 0.760. The van der Waals surface area contributed by atoms with Gasteiger partial charge in [0.2, 0.25) is 0 Å². The van der Waals surface area contributed by atoms with E-state index in [1.807, 2.05) is 43.3 Å². The van der Waals surface area contributed by atoms with Gasteiger partial charge in [0.1, 0.15) is 5.75 Å². The number of methoxy groups -OCH3 is 1. The summed E-state index contributed by atoms with van der Waals surface area (Å²) < 4.78 is 5.29. The first-order valence-electron chi connectivity index (χ1n) is 8.56. The minimum absolute atomic E-state index is 0.844. The average Bonchev–Trinajstić information content (AvgIpc) is 2.65. The predicted octanol–water partition coefficient (Wildman–Crippen LogP) is 3.89. The third-order valence-corrected chi connectivity index (χ3v) is 4.85. The maximum absolute atomic E-state index is 6.26. The van der Waals surface area contributed by atoms with Crippen molar-refractivity contribution >= 4 is 17.3 Å². The van der Waals surface area contributed by atoms with Gasteiger partial charge in [0.05, 0.1) is 12.8 Å². The van der Waals surface area contributed by atoms with Crippen LogP contribution in [0.15, 0.2) is 53.6 Å². The molecule has 0 aliphatic carbocycles. The summed E-state index contributed by atoms with van der Waals surface area (Å²) in [6.07, 6.45) is 0. The molecule has 1 aliphatic heterocycles. The second-order valence-electron chi connectivity index (χ2n) is 6.24.